The highest BCUT2D eigenvalue weighted by Gasteiger charge is 2.57. The largest absolute Gasteiger partial charge is 0.457 e. The van der Waals surface area contributed by atoms with Crippen molar-refractivity contribution in [3.05, 3.63) is 550 Å². The van der Waals surface area contributed by atoms with Gasteiger partial charge in [0.15, 0.2) is 0 Å². The van der Waals surface area contributed by atoms with Gasteiger partial charge in [0.05, 0.1) is 21.7 Å². The number of ether oxygens (including phenoxy) is 2. The van der Waals surface area contributed by atoms with Crippen molar-refractivity contribution in [3.63, 3.8) is 0 Å². The maximum absolute atomic E-state index is 7.04. The van der Waals surface area contributed by atoms with E-state index in [1.165, 1.54) is 150 Å². The molecule has 0 aromatic heterocycles. The fraction of sp³-hybridized carbons (Fsp3) is 0.0323. The Morgan fingerprint density at radius 2 is 0.438 bits per heavy atom. The standard InChI is InChI=1S/C124H76N2O2/c1-3-30-81(31-4-1)125(85-67-69-95-92-38-9-17-45-102(92)123(113(95)75-85)110-52-24-27-56-116(110)127-117-57-28-25-53-111(117)123)83-63-58-77(59-64-83)79-62-70-108-98(72-79)93-39-12-18-46-103(93)121(108)107-50-22-14-41-96(107)119-87(42-29-54-112(119)121)80-73-97(120-99(74-80)94-40-13-21-49-106(94)124(120)104-47-19-10-36-90(104)91-37-11-20-48-105(91)124)78-60-65-84(66-61-78)126(82-32-5-2-6-33-82)86-68-71-118-114(76-86)122(109-51-23-26-55-115(109)128-118)100-43-15-7-34-88(100)89-35-8-16-44-101(89)122/h1-76H. The predicted molar refractivity (Wildman–Crippen MR) is 519 cm³/mol. The summed E-state index contributed by atoms with van der Waals surface area (Å²) < 4.78 is 13.8. The first-order valence-electron chi connectivity index (χ1n) is 44.6. The highest BCUT2D eigenvalue weighted by molar-refractivity contribution is 6.06. The first-order valence-corrected chi connectivity index (χ1v) is 44.6. The van der Waals surface area contributed by atoms with E-state index in [2.05, 4.69) is 471 Å². The molecular formula is C124H76N2O2. The van der Waals surface area contributed by atoms with Gasteiger partial charge in [-0.25, -0.2) is 0 Å². The smallest absolute Gasteiger partial charge is 0.132 e. The summed E-state index contributed by atoms with van der Waals surface area (Å²) in [5.41, 5.74) is 45.9. The minimum atomic E-state index is -0.639. The van der Waals surface area contributed by atoms with E-state index in [-0.39, 0.29) is 0 Å². The van der Waals surface area contributed by atoms with Gasteiger partial charge in [-0.15, -0.1) is 0 Å². The summed E-state index contributed by atoms with van der Waals surface area (Å²) >= 11 is 0. The van der Waals surface area contributed by atoms with Crippen LogP contribution >= 0.6 is 0 Å². The minimum absolute atomic E-state index is 0.609. The van der Waals surface area contributed by atoms with Gasteiger partial charge in [0.25, 0.3) is 0 Å². The van der Waals surface area contributed by atoms with E-state index in [0.717, 1.165) is 96.1 Å². The number of benzene rings is 20. The third-order valence-electron chi connectivity index (χ3n) is 29.6. The van der Waals surface area contributed by atoms with Crippen molar-refractivity contribution in [1.29, 1.82) is 0 Å². The predicted octanol–water partition coefficient (Wildman–Crippen LogP) is 31.3. The lowest BCUT2D eigenvalue weighted by Crippen LogP contribution is -2.32. The van der Waals surface area contributed by atoms with Crippen LogP contribution in [0.2, 0.25) is 0 Å². The van der Waals surface area contributed by atoms with Gasteiger partial charge in [-0.2, -0.15) is 0 Å². The molecule has 0 amide bonds. The van der Waals surface area contributed by atoms with E-state index in [0.29, 0.717) is 0 Å². The van der Waals surface area contributed by atoms with Crippen LogP contribution in [0.1, 0.15) is 89.0 Å². The van der Waals surface area contributed by atoms with E-state index in [1.54, 1.807) is 0 Å². The summed E-state index contributed by atoms with van der Waals surface area (Å²) in [4.78, 5) is 4.85. The Labute approximate surface area is 743 Å². The zero-order valence-corrected chi connectivity index (χ0v) is 69.6. The highest BCUT2D eigenvalue weighted by atomic mass is 16.5. The molecule has 0 bridgehead atoms. The maximum Gasteiger partial charge on any atom is 0.132 e. The second kappa shape index (κ2) is 26.6. The Morgan fingerprint density at radius 3 is 0.922 bits per heavy atom. The average molecular weight is 1630 g/mol. The average Bonchev–Trinajstić information content (AvgIpc) is 1.50. The second-order valence-electron chi connectivity index (χ2n) is 35.3. The van der Waals surface area contributed by atoms with Crippen molar-refractivity contribution in [2.24, 2.45) is 0 Å². The van der Waals surface area contributed by atoms with Gasteiger partial charge in [0.2, 0.25) is 0 Å². The molecule has 8 aliphatic rings. The molecule has 2 aliphatic heterocycles. The summed E-state index contributed by atoms with van der Waals surface area (Å²) in [6, 6.07) is 173. The Hall–Kier alpha value is -16.4. The molecule has 20 aromatic carbocycles. The SMILES string of the molecule is c1ccc(N(c2ccc(-c3cc(-c4cccc5c4-c4ccccc4C54c5ccccc5-c5cc(-c6ccc(N(c7ccccc7)c7ccc8c(c7)C7(c9ccccc9Oc9ccccc97)c7ccccc7-8)cc6)ccc54)cc4c3C3(c5ccccc5-c5ccccc53)c3ccccc3-4)cc2)c2ccc3c(c2)C2(c4ccccc4O3)c3ccccc3-c3ccccc32)cc1. The molecule has 0 radical (unpaired) electrons. The Kier molecular flexibility index (Phi) is 14.8. The summed E-state index contributed by atoms with van der Waals surface area (Å²) in [5, 5.41) is 0. The van der Waals surface area contributed by atoms with Crippen LogP contribution in [0.25, 0.3) is 100 Å². The fourth-order valence-corrected chi connectivity index (χ4v) is 24.8. The highest BCUT2D eigenvalue weighted by Crippen LogP contribution is 2.70. The zero-order chi connectivity index (χ0) is 83.7. The number of rotatable bonds is 9. The van der Waals surface area contributed by atoms with Crippen molar-refractivity contribution >= 4 is 34.1 Å². The van der Waals surface area contributed by atoms with E-state index in [9.17, 15) is 0 Å². The molecule has 0 fully saturated rings. The molecule has 28 rings (SSSR count). The molecular weight excluding hydrogens is 1550 g/mol. The van der Waals surface area contributed by atoms with Crippen molar-refractivity contribution in [2.45, 2.75) is 21.7 Å². The number of hydrogen-bond donors (Lipinski definition) is 0. The van der Waals surface area contributed by atoms with Gasteiger partial charge in [0.1, 0.15) is 23.0 Å². The van der Waals surface area contributed by atoms with Gasteiger partial charge in [0, 0.05) is 56.4 Å². The summed E-state index contributed by atoms with van der Waals surface area (Å²) in [5.74, 6) is 3.49. The Balaban J connectivity index is 0.591. The molecule has 4 heteroatoms. The number of anilines is 6. The molecule has 2 heterocycles. The van der Waals surface area contributed by atoms with Gasteiger partial charge in [-0.1, -0.05) is 346 Å². The van der Waals surface area contributed by atoms with Crippen molar-refractivity contribution < 1.29 is 9.47 Å². The lowest BCUT2D eigenvalue weighted by atomic mass is 9.66. The van der Waals surface area contributed by atoms with E-state index < -0.39 is 21.7 Å². The van der Waals surface area contributed by atoms with E-state index in [4.69, 9.17) is 9.47 Å². The molecule has 128 heavy (non-hydrogen) atoms. The first-order chi connectivity index (χ1) is 63.5. The molecule has 20 aromatic rings. The summed E-state index contributed by atoms with van der Waals surface area (Å²) in [6.07, 6.45) is 0. The number of fused-ring (bicyclic) bond motifs is 38. The van der Waals surface area contributed by atoms with Crippen LogP contribution in [0.5, 0.6) is 23.0 Å². The summed E-state index contributed by atoms with van der Waals surface area (Å²) in [6.45, 7) is 0. The molecule has 1 unspecified atom stereocenters. The van der Waals surface area contributed by atoms with E-state index >= 15 is 0 Å². The van der Waals surface area contributed by atoms with Crippen LogP contribution in [0.3, 0.4) is 0 Å². The lowest BCUT2D eigenvalue weighted by molar-refractivity contribution is 0.436. The van der Waals surface area contributed by atoms with Crippen LogP contribution in [-0.2, 0) is 21.7 Å². The molecule has 0 saturated carbocycles. The fourth-order valence-electron chi connectivity index (χ4n) is 24.8. The number of nitrogens with zero attached hydrogens (tertiary/aromatic N) is 2. The molecule has 6 aliphatic carbocycles. The third kappa shape index (κ3) is 9.26. The van der Waals surface area contributed by atoms with Crippen molar-refractivity contribution in [3.8, 4) is 123 Å². The van der Waals surface area contributed by atoms with E-state index in [1.807, 2.05) is 0 Å². The van der Waals surface area contributed by atoms with Crippen LogP contribution in [0.4, 0.5) is 34.1 Å². The minimum Gasteiger partial charge on any atom is -0.457 e. The number of para-hydroxylation sites is 5. The number of hydrogen-bond acceptors (Lipinski definition) is 4. The van der Waals surface area contributed by atoms with Crippen LogP contribution in [0, 0.1) is 0 Å². The second-order valence-corrected chi connectivity index (χ2v) is 35.3. The monoisotopic (exact) mass is 1620 g/mol. The molecule has 0 N–H and O–H groups in total. The van der Waals surface area contributed by atoms with Gasteiger partial charge in [-0.3, -0.25) is 0 Å². The molecule has 1 atom stereocenters. The van der Waals surface area contributed by atoms with Crippen molar-refractivity contribution in [2.75, 3.05) is 9.80 Å². The maximum atomic E-state index is 7.04. The molecule has 4 nitrogen and oxygen atoms in total. The first kappa shape index (κ1) is 71.1. The van der Waals surface area contributed by atoms with Gasteiger partial charge in [-0.05, 0) is 282 Å². The lowest BCUT2D eigenvalue weighted by Gasteiger charge is -2.40. The Morgan fingerprint density at radius 1 is 0.141 bits per heavy atom. The van der Waals surface area contributed by atoms with Crippen LogP contribution in [0.15, 0.2) is 461 Å². The Bertz CT molecular complexity index is 8020. The van der Waals surface area contributed by atoms with Gasteiger partial charge >= 0.3 is 0 Å². The molecule has 0 saturated heterocycles. The van der Waals surface area contributed by atoms with Gasteiger partial charge < -0.3 is 19.3 Å². The van der Waals surface area contributed by atoms with Crippen molar-refractivity contribution in [1.82, 2.24) is 0 Å². The van der Waals surface area contributed by atoms with Crippen LogP contribution < -0.4 is 19.3 Å². The third-order valence-corrected chi connectivity index (χ3v) is 29.6. The molecule has 4 spiro atoms. The quantitative estimate of drug-likeness (QED) is 0.144. The zero-order valence-electron chi connectivity index (χ0n) is 69.6. The normalized spacial score (nSPS) is 15.2. The molecule has 594 valence electrons. The van der Waals surface area contributed by atoms with Crippen LogP contribution in [-0.4, -0.2) is 0 Å². The summed E-state index contributed by atoms with van der Waals surface area (Å²) in [7, 11) is 0. The topological polar surface area (TPSA) is 24.9 Å².